The van der Waals surface area contributed by atoms with Crippen LogP contribution in [-0.4, -0.2) is 18.2 Å². The molecule has 2 aromatic rings. The minimum absolute atomic E-state index is 0.00497. The molecule has 1 aliphatic heterocycles. The van der Waals surface area contributed by atoms with Gasteiger partial charge in [-0.25, -0.2) is 0 Å². The minimum Gasteiger partial charge on any atom is -0.486 e. The maximum atomic E-state index is 12.7. The van der Waals surface area contributed by atoms with Gasteiger partial charge in [-0.2, -0.15) is 0 Å². The molecule has 2 aromatic carbocycles. The van der Waals surface area contributed by atoms with Crippen molar-refractivity contribution >= 4 is 17.6 Å². The van der Waals surface area contributed by atoms with E-state index in [-0.39, 0.29) is 23.6 Å². The van der Waals surface area contributed by atoms with Gasteiger partial charge in [0, 0.05) is 6.07 Å². The van der Waals surface area contributed by atoms with Crippen molar-refractivity contribution in [2.75, 3.05) is 6.61 Å². The van der Waals surface area contributed by atoms with Crippen LogP contribution in [0.15, 0.2) is 42.2 Å². The highest BCUT2D eigenvalue weighted by atomic mass is 16.5. The molecule has 140 valence electrons. The fourth-order valence-corrected chi connectivity index (χ4v) is 2.98. The van der Waals surface area contributed by atoms with E-state index in [1.54, 1.807) is 18.2 Å². The number of rotatable bonds is 4. The average Bonchev–Trinajstić information content (AvgIpc) is 2.89. The Morgan fingerprint density at radius 3 is 2.41 bits per heavy atom. The molecule has 0 saturated heterocycles. The van der Waals surface area contributed by atoms with Crippen molar-refractivity contribution in [3.63, 3.8) is 0 Å². The van der Waals surface area contributed by atoms with Crippen molar-refractivity contribution in [1.82, 2.24) is 0 Å². The Morgan fingerprint density at radius 2 is 1.81 bits per heavy atom. The zero-order valence-electron chi connectivity index (χ0n) is 16.4. The number of allylic oxidation sites excluding steroid dienone is 1. The molecule has 0 fully saturated rings. The van der Waals surface area contributed by atoms with Crippen LogP contribution in [0.3, 0.4) is 0 Å². The SMILES string of the molecule is CC(=O)COc1cc(C)c2c(c1)O/C(=C\c1ccc(C(C)(C)C)cc1)C2=O. The molecule has 0 bridgehead atoms. The first-order chi connectivity index (χ1) is 12.6. The fourth-order valence-electron chi connectivity index (χ4n) is 2.98. The average molecular weight is 364 g/mol. The number of benzene rings is 2. The summed E-state index contributed by atoms with van der Waals surface area (Å²) in [5.41, 5.74) is 3.53. The number of carbonyl (C=O) groups is 2. The molecule has 0 saturated carbocycles. The summed E-state index contributed by atoms with van der Waals surface area (Å²) in [5.74, 6) is 1.08. The third kappa shape index (κ3) is 4.11. The number of carbonyl (C=O) groups excluding carboxylic acids is 2. The molecule has 0 radical (unpaired) electrons. The number of fused-ring (bicyclic) bond motifs is 1. The third-order valence-corrected chi connectivity index (χ3v) is 4.46. The quantitative estimate of drug-likeness (QED) is 0.726. The van der Waals surface area contributed by atoms with Crippen LogP contribution < -0.4 is 9.47 Å². The van der Waals surface area contributed by atoms with Crippen LogP contribution in [0.25, 0.3) is 6.08 Å². The zero-order chi connectivity index (χ0) is 19.8. The maximum Gasteiger partial charge on any atom is 0.232 e. The fraction of sp³-hybridized carbons (Fsp3) is 0.304. The molecule has 4 heteroatoms. The smallest absolute Gasteiger partial charge is 0.232 e. The van der Waals surface area contributed by atoms with Crippen LogP contribution in [0, 0.1) is 6.92 Å². The minimum atomic E-state index is -0.138. The van der Waals surface area contributed by atoms with Crippen molar-refractivity contribution in [3.05, 3.63) is 64.4 Å². The van der Waals surface area contributed by atoms with Gasteiger partial charge in [-0.05, 0) is 48.1 Å². The summed E-state index contributed by atoms with van der Waals surface area (Å²) in [6.45, 7) is 9.78. The molecule has 3 rings (SSSR count). The van der Waals surface area contributed by atoms with Gasteiger partial charge in [0.05, 0.1) is 5.56 Å². The van der Waals surface area contributed by atoms with E-state index >= 15 is 0 Å². The third-order valence-electron chi connectivity index (χ3n) is 4.46. The van der Waals surface area contributed by atoms with Gasteiger partial charge in [-0.15, -0.1) is 0 Å². The van der Waals surface area contributed by atoms with Crippen LogP contribution in [-0.2, 0) is 10.2 Å². The molecule has 1 heterocycles. The summed E-state index contributed by atoms with van der Waals surface area (Å²) >= 11 is 0. The lowest BCUT2D eigenvalue weighted by Gasteiger charge is -2.18. The molecule has 0 aliphatic carbocycles. The van der Waals surface area contributed by atoms with Crippen LogP contribution in [0.4, 0.5) is 0 Å². The Bertz CT molecular complexity index is 928. The van der Waals surface area contributed by atoms with Gasteiger partial charge in [0.1, 0.15) is 18.1 Å². The molecule has 0 atom stereocenters. The van der Waals surface area contributed by atoms with E-state index in [1.165, 1.54) is 12.5 Å². The summed E-state index contributed by atoms with van der Waals surface area (Å²) in [6, 6.07) is 11.5. The number of hydrogen-bond acceptors (Lipinski definition) is 4. The normalized spacial score (nSPS) is 14.9. The first-order valence-corrected chi connectivity index (χ1v) is 8.97. The Balaban J connectivity index is 1.86. The van der Waals surface area contributed by atoms with Crippen molar-refractivity contribution in [3.8, 4) is 11.5 Å². The maximum absolute atomic E-state index is 12.7. The van der Waals surface area contributed by atoms with Crippen molar-refractivity contribution in [2.24, 2.45) is 0 Å². The lowest BCUT2D eigenvalue weighted by atomic mass is 9.86. The summed E-state index contributed by atoms with van der Waals surface area (Å²) in [5, 5.41) is 0. The molecule has 1 aliphatic rings. The Kier molecular flexibility index (Phi) is 4.92. The summed E-state index contributed by atoms with van der Waals surface area (Å²) in [6.07, 6.45) is 1.75. The number of aryl methyl sites for hydroxylation is 1. The number of Topliss-reactive ketones (excluding diaryl/α,β-unsaturated/α-hetero) is 2. The second-order valence-corrected chi connectivity index (χ2v) is 7.92. The highest BCUT2D eigenvalue weighted by Gasteiger charge is 2.30. The Morgan fingerprint density at radius 1 is 1.15 bits per heavy atom. The summed E-state index contributed by atoms with van der Waals surface area (Å²) < 4.78 is 11.2. The van der Waals surface area contributed by atoms with E-state index in [0.717, 1.165) is 11.1 Å². The van der Waals surface area contributed by atoms with Gasteiger partial charge in [-0.3, -0.25) is 9.59 Å². The van der Waals surface area contributed by atoms with E-state index in [4.69, 9.17) is 9.47 Å². The first kappa shape index (κ1) is 18.9. The zero-order valence-corrected chi connectivity index (χ0v) is 16.4. The number of hydrogen-bond donors (Lipinski definition) is 0. The molecule has 0 spiro atoms. The largest absolute Gasteiger partial charge is 0.486 e. The monoisotopic (exact) mass is 364 g/mol. The molecule has 0 unspecified atom stereocenters. The highest BCUT2D eigenvalue weighted by molar-refractivity contribution is 6.15. The van der Waals surface area contributed by atoms with Gasteiger partial charge < -0.3 is 9.47 Å². The van der Waals surface area contributed by atoms with Crippen molar-refractivity contribution in [1.29, 1.82) is 0 Å². The van der Waals surface area contributed by atoms with Gasteiger partial charge >= 0.3 is 0 Å². The highest BCUT2D eigenvalue weighted by Crippen LogP contribution is 2.37. The van der Waals surface area contributed by atoms with E-state index in [1.807, 2.05) is 19.1 Å². The molecule has 27 heavy (non-hydrogen) atoms. The molecule has 0 aromatic heterocycles. The second kappa shape index (κ2) is 7.03. The molecular formula is C23H24O4. The van der Waals surface area contributed by atoms with Crippen LogP contribution in [0.2, 0.25) is 0 Å². The Hall–Kier alpha value is -2.88. The van der Waals surface area contributed by atoms with Crippen molar-refractivity contribution < 1.29 is 19.1 Å². The predicted octanol–water partition coefficient (Wildman–Crippen LogP) is 4.88. The lowest BCUT2D eigenvalue weighted by Crippen LogP contribution is -2.10. The Labute approximate surface area is 159 Å². The number of ether oxygens (including phenoxy) is 2. The van der Waals surface area contributed by atoms with Crippen LogP contribution in [0.1, 0.15) is 54.7 Å². The van der Waals surface area contributed by atoms with Gasteiger partial charge in [0.25, 0.3) is 0 Å². The molecule has 0 N–H and O–H groups in total. The second-order valence-electron chi connectivity index (χ2n) is 7.92. The summed E-state index contributed by atoms with van der Waals surface area (Å²) in [7, 11) is 0. The lowest BCUT2D eigenvalue weighted by molar-refractivity contribution is -0.118. The van der Waals surface area contributed by atoms with Gasteiger partial charge in [0.2, 0.25) is 5.78 Å². The van der Waals surface area contributed by atoms with E-state index in [0.29, 0.717) is 22.8 Å². The number of ketones is 2. The topological polar surface area (TPSA) is 52.6 Å². The van der Waals surface area contributed by atoms with Gasteiger partial charge in [-0.1, -0.05) is 45.0 Å². The van der Waals surface area contributed by atoms with E-state index in [2.05, 4.69) is 32.9 Å². The van der Waals surface area contributed by atoms with Crippen LogP contribution in [0.5, 0.6) is 11.5 Å². The predicted molar refractivity (Wildman–Crippen MR) is 105 cm³/mol. The molecule has 4 nitrogen and oxygen atoms in total. The van der Waals surface area contributed by atoms with Crippen molar-refractivity contribution in [2.45, 2.75) is 40.0 Å². The first-order valence-electron chi connectivity index (χ1n) is 8.97. The van der Waals surface area contributed by atoms with Crippen LogP contribution >= 0.6 is 0 Å². The molecule has 0 amide bonds. The van der Waals surface area contributed by atoms with E-state index < -0.39 is 0 Å². The van der Waals surface area contributed by atoms with E-state index in [9.17, 15) is 9.59 Å². The summed E-state index contributed by atoms with van der Waals surface area (Å²) in [4.78, 5) is 23.8. The van der Waals surface area contributed by atoms with Gasteiger partial charge in [0.15, 0.2) is 11.5 Å². The standard InChI is InChI=1S/C23H24O4/c1-14-10-18(26-13-15(2)24)12-19-21(14)22(25)20(27-19)11-16-6-8-17(9-7-16)23(3,4)5/h6-12H,13H2,1-5H3/b20-11-. The molecular weight excluding hydrogens is 340 g/mol.